The maximum absolute atomic E-state index is 4.61. The maximum atomic E-state index is 4.61. The molecule has 0 saturated heterocycles. The van der Waals surface area contributed by atoms with E-state index in [-0.39, 0.29) is 0 Å². The number of hydrogen-bond acceptors (Lipinski definition) is 2. The molecule has 2 heterocycles. The van der Waals surface area contributed by atoms with Crippen LogP contribution < -0.4 is 0 Å². The Balaban J connectivity index is 0.000000206. The summed E-state index contributed by atoms with van der Waals surface area (Å²) in [5.74, 6) is 0. The molecule has 0 aliphatic carbocycles. The smallest absolute Gasteiger partial charge is 0.0267 e. The SMILES string of the molecule is [Cl][Pt].c1ccncc1.c1ccncc1. The van der Waals surface area contributed by atoms with E-state index >= 15 is 0 Å². The number of nitrogens with zero attached hydrogens (tertiary/aromatic N) is 2. The molecule has 14 heavy (non-hydrogen) atoms. The Kier molecular flexibility index (Phi) is 11.6. The first-order chi connectivity index (χ1) is 7.00. The second-order valence-corrected chi connectivity index (χ2v) is 2.05. The van der Waals surface area contributed by atoms with Gasteiger partial charge >= 0.3 is 28.2 Å². The van der Waals surface area contributed by atoms with Crippen molar-refractivity contribution < 1.29 is 18.8 Å². The summed E-state index contributed by atoms with van der Waals surface area (Å²) in [5.41, 5.74) is 0. The summed E-state index contributed by atoms with van der Waals surface area (Å²) in [6.07, 6.45) is 7.00. The van der Waals surface area contributed by atoms with E-state index in [1.54, 1.807) is 43.6 Å². The number of aromatic nitrogens is 2. The predicted octanol–water partition coefficient (Wildman–Crippen LogP) is 2.85. The summed E-state index contributed by atoms with van der Waals surface area (Å²) in [4.78, 5) is 7.57. The van der Waals surface area contributed by atoms with Gasteiger partial charge in [-0.05, 0) is 24.3 Å². The maximum Gasteiger partial charge on any atom is 0.0267 e. The molecule has 2 aromatic heterocycles. The van der Waals surface area contributed by atoms with E-state index in [1.807, 2.05) is 36.4 Å². The Morgan fingerprint density at radius 3 is 0.929 bits per heavy atom. The molecule has 0 aliphatic rings. The molecule has 2 nitrogen and oxygen atoms in total. The van der Waals surface area contributed by atoms with E-state index in [0.717, 1.165) is 0 Å². The first kappa shape index (κ1) is 13.3. The van der Waals surface area contributed by atoms with E-state index in [1.165, 1.54) is 0 Å². The summed E-state index contributed by atoms with van der Waals surface area (Å²) in [7, 11) is 4.61. The van der Waals surface area contributed by atoms with Crippen LogP contribution in [0.5, 0.6) is 0 Å². The van der Waals surface area contributed by atoms with Crippen LogP contribution in [0.2, 0.25) is 0 Å². The van der Waals surface area contributed by atoms with Crippen LogP contribution >= 0.6 is 9.42 Å². The first-order valence-electron chi connectivity index (χ1n) is 3.82. The summed E-state index contributed by atoms with van der Waals surface area (Å²) in [5, 5.41) is 0. The fraction of sp³-hybridized carbons (Fsp3) is 0. The number of hydrogen-bond donors (Lipinski definition) is 0. The van der Waals surface area contributed by atoms with E-state index < -0.39 is 0 Å². The summed E-state index contributed by atoms with van der Waals surface area (Å²) in [6.45, 7) is 0. The average molecular weight is 389 g/mol. The largest absolute Gasteiger partial charge is 0.265 e. The van der Waals surface area contributed by atoms with Crippen LogP contribution in [0.1, 0.15) is 0 Å². The van der Waals surface area contributed by atoms with Gasteiger partial charge in [0.1, 0.15) is 0 Å². The van der Waals surface area contributed by atoms with E-state index in [0.29, 0.717) is 0 Å². The zero-order valence-corrected chi connectivity index (χ0v) is 10.4. The van der Waals surface area contributed by atoms with Crippen molar-refractivity contribution in [2.75, 3.05) is 0 Å². The van der Waals surface area contributed by atoms with Gasteiger partial charge in [0, 0.05) is 24.8 Å². The Labute approximate surface area is 99.2 Å². The zero-order valence-electron chi connectivity index (χ0n) is 7.36. The fourth-order valence-corrected chi connectivity index (χ4v) is 0.625. The molecule has 0 fully saturated rings. The van der Waals surface area contributed by atoms with Crippen molar-refractivity contribution in [3.8, 4) is 0 Å². The van der Waals surface area contributed by atoms with Gasteiger partial charge in [-0.15, -0.1) is 0 Å². The van der Waals surface area contributed by atoms with Crippen LogP contribution in [0.25, 0.3) is 0 Å². The van der Waals surface area contributed by atoms with Gasteiger partial charge in [0.05, 0.1) is 0 Å². The molecule has 2 rings (SSSR count). The topological polar surface area (TPSA) is 25.8 Å². The molecule has 0 unspecified atom stereocenters. The van der Waals surface area contributed by atoms with Crippen LogP contribution in [0.4, 0.5) is 0 Å². The van der Waals surface area contributed by atoms with Crippen molar-refractivity contribution in [1.82, 2.24) is 9.97 Å². The second kappa shape index (κ2) is 12.3. The number of pyridine rings is 2. The molecule has 0 aliphatic heterocycles. The van der Waals surface area contributed by atoms with Gasteiger partial charge < -0.3 is 0 Å². The molecular formula is C10H10ClN2Pt. The second-order valence-electron chi connectivity index (χ2n) is 2.05. The van der Waals surface area contributed by atoms with Crippen molar-refractivity contribution in [2.24, 2.45) is 0 Å². The van der Waals surface area contributed by atoms with Crippen molar-refractivity contribution >= 4 is 9.42 Å². The number of halogens is 1. The molecule has 0 radical (unpaired) electrons. The van der Waals surface area contributed by atoms with Crippen LogP contribution in [0.15, 0.2) is 61.2 Å². The average Bonchev–Trinajstić information content (AvgIpc) is 2.37. The van der Waals surface area contributed by atoms with Gasteiger partial charge in [0.15, 0.2) is 0 Å². The van der Waals surface area contributed by atoms with E-state index in [2.05, 4.69) is 19.4 Å². The minimum Gasteiger partial charge on any atom is -0.265 e. The molecule has 2 aromatic rings. The first-order valence-corrected chi connectivity index (χ1v) is 6.63. The third kappa shape index (κ3) is 9.37. The minimum absolute atomic E-state index is 1.61. The normalized spacial score (nSPS) is 7.36. The van der Waals surface area contributed by atoms with E-state index in [9.17, 15) is 0 Å². The van der Waals surface area contributed by atoms with Crippen LogP contribution in [0.3, 0.4) is 0 Å². The van der Waals surface area contributed by atoms with Gasteiger partial charge in [-0.3, -0.25) is 9.97 Å². The Morgan fingerprint density at radius 1 is 0.571 bits per heavy atom. The van der Waals surface area contributed by atoms with Crippen LogP contribution in [0, 0.1) is 0 Å². The molecule has 77 valence electrons. The Hall–Kier alpha value is -0.722. The quantitative estimate of drug-likeness (QED) is 0.693. The van der Waals surface area contributed by atoms with Crippen LogP contribution in [-0.2, 0) is 18.8 Å². The third-order valence-corrected chi connectivity index (χ3v) is 1.13. The molecule has 4 heteroatoms. The Bertz CT molecular complexity index is 194. The molecule has 0 N–H and O–H groups in total. The van der Waals surface area contributed by atoms with Crippen molar-refractivity contribution in [1.29, 1.82) is 0 Å². The van der Waals surface area contributed by atoms with Crippen molar-refractivity contribution in [2.45, 2.75) is 0 Å². The molecular weight excluding hydrogens is 379 g/mol. The van der Waals surface area contributed by atoms with Gasteiger partial charge in [-0.25, -0.2) is 0 Å². The summed E-state index contributed by atoms with van der Waals surface area (Å²) >= 11 is 1.61. The van der Waals surface area contributed by atoms with Gasteiger partial charge in [-0.1, -0.05) is 12.1 Å². The van der Waals surface area contributed by atoms with Gasteiger partial charge in [-0.2, -0.15) is 0 Å². The van der Waals surface area contributed by atoms with Gasteiger partial charge in [0.2, 0.25) is 0 Å². The Morgan fingerprint density at radius 2 is 0.857 bits per heavy atom. The van der Waals surface area contributed by atoms with Crippen molar-refractivity contribution in [3.63, 3.8) is 0 Å². The monoisotopic (exact) mass is 388 g/mol. The van der Waals surface area contributed by atoms with E-state index in [4.69, 9.17) is 0 Å². The number of rotatable bonds is 0. The molecule has 0 spiro atoms. The van der Waals surface area contributed by atoms with Gasteiger partial charge in [0.25, 0.3) is 0 Å². The van der Waals surface area contributed by atoms with Crippen molar-refractivity contribution in [3.05, 3.63) is 61.2 Å². The summed E-state index contributed by atoms with van der Waals surface area (Å²) in [6, 6.07) is 11.4. The summed E-state index contributed by atoms with van der Waals surface area (Å²) < 4.78 is 0. The molecule has 0 bridgehead atoms. The minimum atomic E-state index is 1.61. The van der Waals surface area contributed by atoms with Crippen LogP contribution in [-0.4, -0.2) is 9.97 Å². The molecule has 0 saturated carbocycles. The molecule has 0 amide bonds. The third-order valence-electron chi connectivity index (χ3n) is 1.13. The predicted molar refractivity (Wildman–Crippen MR) is 54.3 cm³/mol. The molecule has 0 atom stereocenters. The standard InChI is InChI=1S/2C5H5N.ClH.Pt/c2*1-2-4-6-5-3-1;;/h2*1-5H;1H;/q;;;+1/p-1. The molecule has 0 aromatic carbocycles. The fourth-order valence-electron chi connectivity index (χ4n) is 0.625. The zero-order chi connectivity index (χ0) is 10.5.